The van der Waals surface area contributed by atoms with Gasteiger partial charge < -0.3 is 4.55 Å². The molecule has 0 aliphatic carbocycles. The zero-order chi connectivity index (χ0) is 12.3. The molecule has 16 heavy (non-hydrogen) atoms. The van der Waals surface area contributed by atoms with E-state index >= 15 is 0 Å². The van der Waals surface area contributed by atoms with Gasteiger partial charge in [0.25, 0.3) is 6.43 Å². The van der Waals surface area contributed by atoms with Gasteiger partial charge in [-0.05, 0) is 42.9 Å². The van der Waals surface area contributed by atoms with Gasteiger partial charge in [0, 0.05) is 4.90 Å². The van der Waals surface area contributed by atoms with Gasteiger partial charge in [-0.3, -0.25) is 9.11 Å². The number of hydrogen-bond acceptors (Lipinski definition) is 3. The molecule has 0 radical (unpaired) electrons. The van der Waals surface area contributed by atoms with Crippen molar-refractivity contribution in [1.82, 2.24) is 4.90 Å². The lowest BCUT2D eigenvalue weighted by Gasteiger charge is -2.24. The van der Waals surface area contributed by atoms with Crippen LogP contribution in [0.5, 0.6) is 0 Å². The Labute approximate surface area is 95.4 Å². The first-order valence-corrected chi connectivity index (χ1v) is 5.64. The zero-order valence-electron chi connectivity index (χ0n) is 8.89. The van der Waals surface area contributed by atoms with Crippen molar-refractivity contribution in [2.45, 2.75) is 17.4 Å². The SMILES string of the molecule is CN(C)C(c1ccc(S(=O)[O-])cc1)C(F)F. The van der Waals surface area contributed by atoms with E-state index in [4.69, 9.17) is 0 Å². The zero-order valence-corrected chi connectivity index (χ0v) is 9.71. The Hall–Kier alpha value is -0.850. The number of alkyl halides is 2. The van der Waals surface area contributed by atoms with Crippen LogP contribution >= 0.6 is 0 Å². The van der Waals surface area contributed by atoms with Crippen LogP contribution in [-0.2, 0) is 11.1 Å². The van der Waals surface area contributed by atoms with Gasteiger partial charge in [0.2, 0.25) is 0 Å². The molecule has 0 saturated heterocycles. The lowest BCUT2D eigenvalue weighted by atomic mass is 10.1. The van der Waals surface area contributed by atoms with Crippen LogP contribution in [0.2, 0.25) is 0 Å². The number of nitrogens with zero attached hydrogens (tertiary/aromatic N) is 1. The summed E-state index contributed by atoms with van der Waals surface area (Å²) in [6.45, 7) is 0. The highest BCUT2D eigenvalue weighted by Crippen LogP contribution is 2.25. The van der Waals surface area contributed by atoms with Crippen molar-refractivity contribution in [3.8, 4) is 0 Å². The molecule has 0 spiro atoms. The fourth-order valence-corrected chi connectivity index (χ4v) is 1.80. The highest BCUT2D eigenvalue weighted by atomic mass is 32.2. The molecule has 0 heterocycles. The smallest absolute Gasteiger partial charge is 0.257 e. The van der Waals surface area contributed by atoms with E-state index in [0.717, 1.165) is 0 Å². The molecular formula is C10H12F2NO2S-. The minimum atomic E-state index is -2.52. The van der Waals surface area contributed by atoms with E-state index in [2.05, 4.69) is 0 Å². The third-order valence-electron chi connectivity index (χ3n) is 2.21. The second kappa shape index (κ2) is 5.47. The van der Waals surface area contributed by atoms with Crippen LogP contribution < -0.4 is 0 Å². The molecule has 0 aliphatic rings. The first kappa shape index (κ1) is 13.2. The van der Waals surface area contributed by atoms with Crippen molar-refractivity contribution < 1.29 is 17.5 Å². The molecule has 90 valence electrons. The van der Waals surface area contributed by atoms with Crippen molar-refractivity contribution >= 4 is 11.1 Å². The molecule has 2 atom stereocenters. The summed E-state index contributed by atoms with van der Waals surface area (Å²) in [4.78, 5) is 1.49. The first-order chi connectivity index (χ1) is 7.43. The molecule has 0 bridgehead atoms. The van der Waals surface area contributed by atoms with Crippen molar-refractivity contribution in [2.75, 3.05) is 14.1 Å². The maximum atomic E-state index is 12.7. The van der Waals surface area contributed by atoms with Crippen LogP contribution in [0, 0.1) is 0 Å². The third-order valence-corrected chi connectivity index (χ3v) is 2.87. The summed E-state index contributed by atoms with van der Waals surface area (Å²) in [6, 6.07) is 4.42. The van der Waals surface area contributed by atoms with Gasteiger partial charge in [-0.1, -0.05) is 12.1 Å². The number of halogens is 2. The van der Waals surface area contributed by atoms with E-state index in [1.807, 2.05) is 0 Å². The van der Waals surface area contributed by atoms with Gasteiger partial charge in [-0.25, -0.2) is 8.78 Å². The Morgan fingerprint density at radius 3 is 2.06 bits per heavy atom. The Morgan fingerprint density at radius 1 is 1.25 bits per heavy atom. The molecule has 1 aromatic carbocycles. The second-order valence-electron chi connectivity index (χ2n) is 3.55. The van der Waals surface area contributed by atoms with E-state index in [1.54, 1.807) is 14.1 Å². The van der Waals surface area contributed by atoms with Gasteiger partial charge in [0.1, 0.15) is 0 Å². The Bertz CT molecular complexity index is 360. The topological polar surface area (TPSA) is 43.4 Å². The molecule has 0 aromatic heterocycles. The van der Waals surface area contributed by atoms with Crippen molar-refractivity contribution in [3.63, 3.8) is 0 Å². The van der Waals surface area contributed by atoms with Gasteiger partial charge in [0.15, 0.2) is 0 Å². The molecule has 0 fully saturated rings. The lowest BCUT2D eigenvalue weighted by molar-refractivity contribution is 0.0488. The fourth-order valence-electron chi connectivity index (χ4n) is 1.45. The molecule has 0 aliphatic heterocycles. The number of benzene rings is 1. The molecule has 6 heteroatoms. The van der Waals surface area contributed by atoms with Gasteiger partial charge in [-0.2, -0.15) is 0 Å². The summed E-state index contributed by atoms with van der Waals surface area (Å²) in [5.74, 6) is 0. The van der Waals surface area contributed by atoms with Crippen LogP contribution in [0.4, 0.5) is 8.78 Å². The van der Waals surface area contributed by atoms with Gasteiger partial charge in [0.05, 0.1) is 6.04 Å². The van der Waals surface area contributed by atoms with E-state index < -0.39 is 23.5 Å². The van der Waals surface area contributed by atoms with Crippen molar-refractivity contribution in [3.05, 3.63) is 29.8 Å². The normalized spacial score (nSPS) is 15.4. The molecular weight excluding hydrogens is 236 g/mol. The molecule has 1 rings (SSSR count). The molecule has 0 N–H and O–H groups in total. The van der Waals surface area contributed by atoms with Crippen molar-refractivity contribution in [1.29, 1.82) is 0 Å². The molecule has 0 saturated carbocycles. The van der Waals surface area contributed by atoms with E-state index in [1.165, 1.54) is 29.2 Å². The third kappa shape index (κ3) is 3.07. The van der Waals surface area contributed by atoms with E-state index in [9.17, 15) is 17.5 Å². The predicted molar refractivity (Wildman–Crippen MR) is 56.1 cm³/mol. The molecule has 1 aromatic rings. The highest BCUT2D eigenvalue weighted by Gasteiger charge is 2.24. The fraction of sp³-hybridized carbons (Fsp3) is 0.400. The van der Waals surface area contributed by atoms with E-state index in [0.29, 0.717) is 5.56 Å². The quantitative estimate of drug-likeness (QED) is 0.763. The Morgan fingerprint density at radius 2 is 1.75 bits per heavy atom. The largest absolute Gasteiger partial charge is 0.768 e. The summed E-state index contributed by atoms with van der Waals surface area (Å²) in [5, 5.41) is 0. The second-order valence-corrected chi connectivity index (χ2v) is 4.49. The maximum Gasteiger partial charge on any atom is 0.257 e. The van der Waals surface area contributed by atoms with Gasteiger partial charge >= 0.3 is 0 Å². The van der Waals surface area contributed by atoms with E-state index in [-0.39, 0.29) is 4.90 Å². The summed E-state index contributed by atoms with van der Waals surface area (Å²) in [5.41, 5.74) is 0.397. The average Bonchev–Trinajstić information content (AvgIpc) is 2.17. The first-order valence-electron chi connectivity index (χ1n) is 4.57. The van der Waals surface area contributed by atoms with Crippen molar-refractivity contribution in [2.24, 2.45) is 0 Å². The average molecular weight is 248 g/mol. The Balaban J connectivity index is 2.99. The predicted octanol–water partition coefficient (Wildman–Crippen LogP) is 1.79. The molecule has 2 unspecified atom stereocenters. The van der Waals surface area contributed by atoms with Crippen LogP contribution in [0.1, 0.15) is 11.6 Å². The summed E-state index contributed by atoms with van der Waals surface area (Å²) in [6.07, 6.45) is -2.52. The number of hydrogen-bond donors (Lipinski definition) is 0. The monoisotopic (exact) mass is 248 g/mol. The maximum absolute atomic E-state index is 12.7. The van der Waals surface area contributed by atoms with Crippen LogP contribution in [-0.4, -0.2) is 34.2 Å². The molecule has 0 amide bonds. The summed E-state index contributed by atoms with van der Waals surface area (Å²) >= 11 is -2.32. The van der Waals surface area contributed by atoms with Crippen LogP contribution in [0.3, 0.4) is 0 Å². The highest BCUT2D eigenvalue weighted by molar-refractivity contribution is 7.79. The lowest BCUT2D eigenvalue weighted by Crippen LogP contribution is -2.26. The Kier molecular flexibility index (Phi) is 4.52. The minimum Gasteiger partial charge on any atom is -0.768 e. The summed E-state index contributed by atoms with van der Waals surface area (Å²) < 4.78 is 46.6. The standard InChI is InChI=1S/C10H13F2NO2S/c1-13(2)9(10(11)12)7-3-5-8(6-4-7)16(14)15/h3-6,9-10H,1-2H3,(H,14,15)/p-1. The number of rotatable bonds is 4. The van der Waals surface area contributed by atoms with Crippen LogP contribution in [0.15, 0.2) is 29.2 Å². The minimum absolute atomic E-state index is 0.0931. The summed E-state index contributed by atoms with van der Waals surface area (Å²) in [7, 11) is 3.10. The van der Waals surface area contributed by atoms with Gasteiger partial charge in [-0.15, -0.1) is 0 Å². The van der Waals surface area contributed by atoms with Crippen LogP contribution in [0.25, 0.3) is 0 Å². The molecule has 3 nitrogen and oxygen atoms in total.